The first-order valence-corrected chi connectivity index (χ1v) is 9.80. The zero-order chi connectivity index (χ0) is 20.2. The molecule has 1 N–H and O–H groups in total. The van der Waals surface area contributed by atoms with Crippen LogP contribution in [0, 0.1) is 5.82 Å². The molecule has 5 rings (SSSR count). The fraction of sp³-hybridized carbons (Fsp3) is 0.227. The lowest BCUT2D eigenvalue weighted by atomic mass is 9.86. The number of piperidine rings is 1. The number of phenolic OH excluding ortho intramolecular Hbond substituents is 1. The molecular formula is C22H20ClFN2O3. The highest BCUT2D eigenvalue weighted by atomic mass is 35.5. The quantitative estimate of drug-likeness (QED) is 0.625. The van der Waals surface area contributed by atoms with Crippen LogP contribution < -0.4 is 4.74 Å². The minimum Gasteiger partial charge on any atom is -0.504 e. The number of halogens is 2. The van der Waals surface area contributed by atoms with Gasteiger partial charge in [0.15, 0.2) is 17.2 Å². The van der Waals surface area contributed by atoms with Crippen molar-refractivity contribution in [1.29, 1.82) is 0 Å². The van der Waals surface area contributed by atoms with Gasteiger partial charge in [-0.15, -0.1) is 0 Å². The molecule has 1 fully saturated rings. The second-order valence-corrected chi connectivity index (χ2v) is 7.84. The van der Waals surface area contributed by atoms with Crippen molar-refractivity contribution < 1.29 is 20.5 Å². The van der Waals surface area contributed by atoms with E-state index in [-0.39, 0.29) is 12.9 Å². The Bertz CT molecular complexity index is 1130. The second kappa shape index (κ2) is 6.52. The Hall–Kier alpha value is -2.99. The van der Waals surface area contributed by atoms with Gasteiger partial charge < -0.3 is 19.3 Å². The standard InChI is InChI=1S/C22H18ClFN2O3.H2/c23-14-6-7-17-18(13-14)29-22(19-5-2-10-26(17)19)8-11-25(12-9-22)21(28)15-3-1-4-16(24)20(15)27;/h1-7,10,13,27H,8-9,11-12H2;1H. The van der Waals surface area contributed by atoms with Crippen LogP contribution in [0.15, 0.2) is 54.7 Å². The third-order valence-electron chi connectivity index (χ3n) is 5.78. The average molecular weight is 415 g/mol. The van der Waals surface area contributed by atoms with Crippen molar-refractivity contribution in [2.45, 2.75) is 18.4 Å². The van der Waals surface area contributed by atoms with Gasteiger partial charge >= 0.3 is 0 Å². The van der Waals surface area contributed by atoms with Crippen molar-refractivity contribution in [3.63, 3.8) is 0 Å². The van der Waals surface area contributed by atoms with E-state index < -0.39 is 17.2 Å². The van der Waals surface area contributed by atoms with Crippen LogP contribution in [0.25, 0.3) is 5.69 Å². The summed E-state index contributed by atoms with van der Waals surface area (Å²) in [6, 6.07) is 13.6. The summed E-state index contributed by atoms with van der Waals surface area (Å²) in [5, 5.41) is 10.5. The second-order valence-electron chi connectivity index (χ2n) is 7.40. The molecule has 0 unspecified atom stereocenters. The minimum absolute atomic E-state index is 0. The molecule has 5 nitrogen and oxygen atoms in total. The first kappa shape index (κ1) is 18.1. The van der Waals surface area contributed by atoms with E-state index in [1.807, 2.05) is 36.5 Å². The number of likely N-dealkylation sites (tertiary alicyclic amines) is 1. The molecule has 3 aromatic rings. The van der Waals surface area contributed by atoms with Gasteiger partial charge in [-0.25, -0.2) is 4.39 Å². The lowest BCUT2D eigenvalue weighted by molar-refractivity contribution is -0.00937. The van der Waals surface area contributed by atoms with Crippen molar-refractivity contribution in [2.75, 3.05) is 13.1 Å². The maximum absolute atomic E-state index is 13.6. The zero-order valence-corrected chi connectivity index (χ0v) is 16.2. The lowest BCUT2D eigenvalue weighted by Crippen LogP contribution is -2.50. The Morgan fingerprint density at radius 1 is 1.17 bits per heavy atom. The molecule has 1 aromatic heterocycles. The van der Waals surface area contributed by atoms with Crippen molar-refractivity contribution in [3.05, 3.63) is 76.8 Å². The molecule has 1 amide bonds. The van der Waals surface area contributed by atoms with Crippen molar-refractivity contribution in [3.8, 4) is 17.2 Å². The van der Waals surface area contributed by atoms with Crippen molar-refractivity contribution in [2.24, 2.45) is 0 Å². The number of para-hydroxylation sites is 1. The summed E-state index contributed by atoms with van der Waals surface area (Å²) in [5.41, 5.74) is 1.38. The van der Waals surface area contributed by atoms with E-state index in [0.29, 0.717) is 36.7 Å². The molecule has 2 aliphatic rings. The molecule has 0 atom stereocenters. The number of benzene rings is 2. The van der Waals surface area contributed by atoms with Crippen molar-refractivity contribution >= 4 is 17.5 Å². The normalized spacial score (nSPS) is 16.8. The SMILES string of the molecule is O=C(c1cccc(F)c1O)N1CCC2(CC1)Oc1cc(Cl)ccc1-n1cccc12.[HH]. The highest BCUT2D eigenvalue weighted by molar-refractivity contribution is 6.30. The number of fused-ring (bicyclic) bond motifs is 4. The maximum Gasteiger partial charge on any atom is 0.257 e. The fourth-order valence-electron chi connectivity index (χ4n) is 4.28. The van der Waals surface area contributed by atoms with Gasteiger partial charge in [0.2, 0.25) is 0 Å². The average Bonchev–Trinajstić information content (AvgIpc) is 3.21. The summed E-state index contributed by atoms with van der Waals surface area (Å²) in [6.45, 7) is 0.853. The third kappa shape index (κ3) is 2.78. The van der Waals surface area contributed by atoms with Gasteiger partial charge in [-0.3, -0.25) is 4.79 Å². The molecule has 29 heavy (non-hydrogen) atoms. The predicted octanol–water partition coefficient (Wildman–Crippen LogP) is 4.75. The van der Waals surface area contributed by atoms with Crippen LogP contribution >= 0.6 is 11.6 Å². The molecule has 3 heterocycles. The number of rotatable bonds is 1. The number of nitrogens with zero attached hydrogens (tertiary/aromatic N) is 2. The number of hydrogen-bond donors (Lipinski definition) is 1. The zero-order valence-electron chi connectivity index (χ0n) is 15.4. The molecular weight excluding hydrogens is 395 g/mol. The van der Waals surface area contributed by atoms with Gasteiger partial charge in [0.05, 0.1) is 16.9 Å². The van der Waals surface area contributed by atoms with Gasteiger partial charge in [0.1, 0.15) is 5.75 Å². The van der Waals surface area contributed by atoms with Gasteiger partial charge in [-0.05, 0) is 36.4 Å². The number of aromatic nitrogens is 1. The highest BCUT2D eigenvalue weighted by Crippen LogP contribution is 2.46. The minimum atomic E-state index is -0.800. The van der Waals surface area contributed by atoms with Crippen LogP contribution in [0.5, 0.6) is 11.5 Å². The van der Waals surface area contributed by atoms with Gasteiger partial charge in [-0.1, -0.05) is 17.7 Å². The summed E-state index contributed by atoms with van der Waals surface area (Å²) in [5.74, 6) is -1.08. The topological polar surface area (TPSA) is 54.7 Å². The molecule has 7 heteroatoms. The molecule has 2 aromatic carbocycles. The molecule has 150 valence electrons. The first-order valence-electron chi connectivity index (χ1n) is 9.42. The Morgan fingerprint density at radius 2 is 1.97 bits per heavy atom. The first-order chi connectivity index (χ1) is 14.0. The molecule has 1 spiro atoms. The van der Waals surface area contributed by atoms with Crippen molar-refractivity contribution in [1.82, 2.24) is 9.47 Å². The summed E-state index contributed by atoms with van der Waals surface area (Å²) < 4.78 is 22.2. The Kier molecular flexibility index (Phi) is 4.06. The lowest BCUT2D eigenvalue weighted by Gasteiger charge is -2.45. The van der Waals surface area contributed by atoms with E-state index in [1.165, 1.54) is 12.1 Å². The van der Waals surface area contributed by atoms with Gasteiger partial charge in [0.25, 0.3) is 5.91 Å². The Morgan fingerprint density at radius 3 is 2.76 bits per heavy atom. The summed E-state index contributed by atoms with van der Waals surface area (Å²) in [6.07, 6.45) is 3.14. The van der Waals surface area contributed by atoms with Gasteiger partial charge in [0, 0.05) is 44.6 Å². The van der Waals surface area contributed by atoms with E-state index in [1.54, 1.807) is 4.90 Å². The largest absolute Gasteiger partial charge is 0.504 e. The maximum atomic E-state index is 13.6. The van der Waals surface area contributed by atoms with E-state index >= 15 is 0 Å². The molecule has 0 bridgehead atoms. The monoisotopic (exact) mass is 414 g/mol. The number of ether oxygens (including phenoxy) is 1. The van der Waals surface area contributed by atoms with Crippen LogP contribution in [0.1, 0.15) is 30.3 Å². The smallest absolute Gasteiger partial charge is 0.257 e. The van der Waals surface area contributed by atoms with Gasteiger partial charge in [-0.2, -0.15) is 0 Å². The Balaban J connectivity index is 0.00000218. The number of hydrogen-bond acceptors (Lipinski definition) is 3. The number of amides is 1. The van der Waals surface area contributed by atoms with E-state index in [9.17, 15) is 14.3 Å². The predicted molar refractivity (Wildman–Crippen MR) is 108 cm³/mol. The molecule has 0 radical (unpaired) electrons. The van der Waals surface area contributed by atoms with Crippen LogP contribution in [0.4, 0.5) is 4.39 Å². The molecule has 0 aliphatic carbocycles. The number of carbonyl (C=O) groups is 1. The van der Waals surface area contributed by atoms with Crippen LogP contribution in [-0.4, -0.2) is 33.6 Å². The number of aromatic hydroxyl groups is 1. The molecule has 2 aliphatic heterocycles. The third-order valence-corrected chi connectivity index (χ3v) is 6.01. The number of carbonyl (C=O) groups excluding carboxylic acids is 1. The molecule has 1 saturated heterocycles. The van der Waals surface area contributed by atoms with Crippen LogP contribution in [-0.2, 0) is 5.60 Å². The molecule has 0 saturated carbocycles. The van der Waals surface area contributed by atoms with E-state index in [2.05, 4.69) is 4.57 Å². The summed E-state index contributed by atoms with van der Waals surface area (Å²) in [7, 11) is 0. The summed E-state index contributed by atoms with van der Waals surface area (Å²) in [4.78, 5) is 14.4. The highest BCUT2D eigenvalue weighted by Gasteiger charge is 2.44. The van der Waals surface area contributed by atoms with E-state index in [0.717, 1.165) is 17.4 Å². The Labute approximate surface area is 173 Å². The van der Waals surface area contributed by atoms with Crippen LogP contribution in [0.2, 0.25) is 5.02 Å². The van der Waals surface area contributed by atoms with E-state index in [4.69, 9.17) is 16.3 Å². The fourth-order valence-corrected chi connectivity index (χ4v) is 4.44. The number of phenols is 1. The van der Waals surface area contributed by atoms with Crippen LogP contribution in [0.3, 0.4) is 0 Å². The summed E-state index contributed by atoms with van der Waals surface area (Å²) >= 11 is 6.17.